The van der Waals surface area contributed by atoms with Gasteiger partial charge in [-0.05, 0) is 5.56 Å². The first-order chi connectivity index (χ1) is 5.77. The summed E-state index contributed by atoms with van der Waals surface area (Å²) in [4.78, 5) is 14.2. The van der Waals surface area contributed by atoms with Crippen molar-refractivity contribution in [1.29, 1.82) is 0 Å². The van der Waals surface area contributed by atoms with E-state index >= 15 is 0 Å². The molecule has 1 unspecified atom stereocenters. The molecule has 4 nitrogen and oxygen atoms in total. The fourth-order valence-corrected chi connectivity index (χ4v) is 0.788. The number of carbonyl (C=O) groups is 1. The summed E-state index contributed by atoms with van der Waals surface area (Å²) in [5, 5.41) is 0. The van der Waals surface area contributed by atoms with E-state index in [0.29, 0.717) is 17.7 Å². The van der Waals surface area contributed by atoms with Crippen LogP contribution in [0.3, 0.4) is 0 Å². The fourth-order valence-electron chi connectivity index (χ4n) is 0.788. The van der Waals surface area contributed by atoms with Crippen LogP contribution in [0.2, 0.25) is 0 Å². The van der Waals surface area contributed by atoms with Crippen molar-refractivity contribution in [2.75, 3.05) is 7.11 Å². The average Bonchev–Trinajstić information content (AvgIpc) is 2.17. The maximum Gasteiger partial charge on any atom is 0.212 e. The molecule has 0 aliphatic heterocycles. The molecule has 0 aliphatic carbocycles. The highest BCUT2D eigenvalue weighted by Gasteiger charge is 2.03. The molecule has 0 saturated heterocycles. The zero-order valence-electron chi connectivity index (χ0n) is 6.73. The van der Waals surface area contributed by atoms with E-state index in [9.17, 15) is 4.79 Å². The van der Waals surface area contributed by atoms with E-state index in [4.69, 9.17) is 10.5 Å². The molecule has 0 bridgehead atoms. The standard InChI is InChI=1S/C8H10N2O2/c1-12-8-3-2-6(4-10-8)7(9)5-11/h2-5,7H,9H2,1H3. The quantitative estimate of drug-likeness (QED) is 0.655. The minimum Gasteiger partial charge on any atom is -0.481 e. The Morgan fingerprint density at radius 1 is 1.67 bits per heavy atom. The van der Waals surface area contributed by atoms with Crippen LogP contribution in [0.25, 0.3) is 0 Å². The predicted octanol–water partition coefficient (Wildman–Crippen LogP) is 0.289. The molecule has 0 aromatic carbocycles. The molecule has 2 N–H and O–H groups in total. The van der Waals surface area contributed by atoms with Gasteiger partial charge < -0.3 is 15.3 Å². The maximum absolute atomic E-state index is 10.3. The third kappa shape index (κ3) is 1.79. The number of hydrogen-bond donors (Lipinski definition) is 1. The summed E-state index contributed by atoms with van der Waals surface area (Å²) in [7, 11) is 1.53. The smallest absolute Gasteiger partial charge is 0.212 e. The molecule has 0 aliphatic rings. The number of hydrogen-bond acceptors (Lipinski definition) is 4. The Morgan fingerprint density at radius 2 is 2.42 bits per heavy atom. The molecule has 0 saturated carbocycles. The second-order valence-corrected chi connectivity index (χ2v) is 2.30. The normalized spacial score (nSPS) is 12.2. The van der Waals surface area contributed by atoms with Gasteiger partial charge in [0.2, 0.25) is 5.88 Å². The van der Waals surface area contributed by atoms with Crippen molar-refractivity contribution in [3.05, 3.63) is 23.9 Å². The average molecular weight is 166 g/mol. The molecule has 0 spiro atoms. The molecule has 1 atom stereocenters. The lowest BCUT2D eigenvalue weighted by Crippen LogP contribution is -2.11. The molecule has 1 aromatic heterocycles. The summed E-state index contributed by atoms with van der Waals surface area (Å²) < 4.78 is 4.84. The van der Waals surface area contributed by atoms with Crippen molar-refractivity contribution in [1.82, 2.24) is 4.98 Å². The Balaban J connectivity index is 2.84. The van der Waals surface area contributed by atoms with E-state index in [1.807, 2.05) is 0 Å². The van der Waals surface area contributed by atoms with Gasteiger partial charge in [-0.2, -0.15) is 0 Å². The molecular formula is C8H10N2O2. The largest absolute Gasteiger partial charge is 0.481 e. The van der Waals surface area contributed by atoms with E-state index in [-0.39, 0.29) is 0 Å². The zero-order chi connectivity index (χ0) is 8.97. The van der Waals surface area contributed by atoms with E-state index in [2.05, 4.69) is 4.98 Å². The first-order valence-corrected chi connectivity index (χ1v) is 3.48. The van der Waals surface area contributed by atoms with Crippen molar-refractivity contribution >= 4 is 6.29 Å². The zero-order valence-corrected chi connectivity index (χ0v) is 6.73. The van der Waals surface area contributed by atoms with Crippen molar-refractivity contribution in [2.45, 2.75) is 6.04 Å². The number of ether oxygens (including phenoxy) is 1. The number of pyridine rings is 1. The van der Waals surface area contributed by atoms with Crippen LogP contribution in [0, 0.1) is 0 Å². The van der Waals surface area contributed by atoms with Crippen LogP contribution in [-0.4, -0.2) is 18.4 Å². The number of aldehydes is 1. The van der Waals surface area contributed by atoms with Crippen LogP contribution in [-0.2, 0) is 4.79 Å². The topological polar surface area (TPSA) is 65.2 Å². The highest BCUT2D eigenvalue weighted by molar-refractivity contribution is 5.60. The van der Waals surface area contributed by atoms with Gasteiger partial charge >= 0.3 is 0 Å². The molecule has 1 rings (SSSR count). The number of methoxy groups -OCH3 is 1. The Hall–Kier alpha value is -1.42. The summed E-state index contributed by atoms with van der Waals surface area (Å²) >= 11 is 0. The monoisotopic (exact) mass is 166 g/mol. The van der Waals surface area contributed by atoms with Crippen molar-refractivity contribution in [3.8, 4) is 5.88 Å². The lowest BCUT2D eigenvalue weighted by atomic mass is 10.1. The minimum atomic E-state index is -0.594. The van der Waals surface area contributed by atoms with E-state index in [0.717, 1.165) is 0 Å². The number of nitrogens with zero attached hydrogens (tertiary/aromatic N) is 1. The van der Waals surface area contributed by atoms with Gasteiger partial charge in [0.1, 0.15) is 6.29 Å². The minimum absolute atomic E-state index is 0.511. The summed E-state index contributed by atoms with van der Waals surface area (Å²) in [6.45, 7) is 0. The van der Waals surface area contributed by atoms with Crippen LogP contribution in [0.15, 0.2) is 18.3 Å². The maximum atomic E-state index is 10.3. The number of carbonyl (C=O) groups excluding carboxylic acids is 1. The molecule has 1 heterocycles. The van der Waals surface area contributed by atoms with Crippen LogP contribution in [0.4, 0.5) is 0 Å². The van der Waals surface area contributed by atoms with Gasteiger partial charge in [0.15, 0.2) is 0 Å². The van der Waals surface area contributed by atoms with Gasteiger partial charge in [-0.15, -0.1) is 0 Å². The first kappa shape index (κ1) is 8.67. The predicted molar refractivity (Wildman–Crippen MR) is 43.8 cm³/mol. The molecule has 1 aromatic rings. The molecular weight excluding hydrogens is 156 g/mol. The van der Waals surface area contributed by atoms with Crippen LogP contribution in [0.5, 0.6) is 5.88 Å². The third-order valence-corrected chi connectivity index (χ3v) is 1.50. The van der Waals surface area contributed by atoms with E-state index in [1.54, 1.807) is 12.1 Å². The number of rotatable bonds is 3. The Labute approximate surface area is 70.4 Å². The Kier molecular flexibility index (Phi) is 2.76. The highest BCUT2D eigenvalue weighted by atomic mass is 16.5. The van der Waals surface area contributed by atoms with Crippen molar-refractivity contribution in [2.24, 2.45) is 5.73 Å². The molecule has 0 radical (unpaired) electrons. The van der Waals surface area contributed by atoms with E-state index < -0.39 is 6.04 Å². The summed E-state index contributed by atoms with van der Waals surface area (Å²) in [6.07, 6.45) is 2.20. The van der Waals surface area contributed by atoms with Gasteiger partial charge in [0.05, 0.1) is 13.2 Å². The summed E-state index contributed by atoms with van der Waals surface area (Å²) in [6, 6.07) is 2.78. The Bertz CT molecular complexity index is 258. The summed E-state index contributed by atoms with van der Waals surface area (Å²) in [5.41, 5.74) is 6.12. The van der Waals surface area contributed by atoms with Crippen LogP contribution >= 0.6 is 0 Å². The number of aromatic nitrogens is 1. The second-order valence-electron chi connectivity index (χ2n) is 2.30. The third-order valence-electron chi connectivity index (χ3n) is 1.50. The first-order valence-electron chi connectivity index (χ1n) is 3.48. The van der Waals surface area contributed by atoms with Gasteiger partial charge in [0, 0.05) is 12.3 Å². The lowest BCUT2D eigenvalue weighted by molar-refractivity contribution is -0.109. The molecule has 4 heteroatoms. The molecule has 0 amide bonds. The SMILES string of the molecule is COc1ccc(C(N)C=O)cn1. The van der Waals surface area contributed by atoms with Crippen LogP contribution in [0.1, 0.15) is 11.6 Å². The number of nitrogens with two attached hydrogens (primary N) is 1. The molecule has 0 fully saturated rings. The molecule has 64 valence electrons. The fraction of sp³-hybridized carbons (Fsp3) is 0.250. The summed E-state index contributed by atoms with van der Waals surface area (Å²) in [5.74, 6) is 0.511. The van der Waals surface area contributed by atoms with Gasteiger partial charge in [-0.1, -0.05) is 6.07 Å². The highest BCUT2D eigenvalue weighted by Crippen LogP contribution is 2.10. The van der Waals surface area contributed by atoms with Gasteiger partial charge in [-0.3, -0.25) is 0 Å². The second kappa shape index (κ2) is 3.82. The van der Waals surface area contributed by atoms with Gasteiger partial charge in [-0.25, -0.2) is 4.98 Å². The van der Waals surface area contributed by atoms with Crippen molar-refractivity contribution in [3.63, 3.8) is 0 Å². The van der Waals surface area contributed by atoms with Gasteiger partial charge in [0.25, 0.3) is 0 Å². The Morgan fingerprint density at radius 3 is 2.83 bits per heavy atom. The van der Waals surface area contributed by atoms with E-state index in [1.165, 1.54) is 13.3 Å². The van der Waals surface area contributed by atoms with Crippen molar-refractivity contribution < 1.29 is 9.53 Å². The van der Waals surface area contributed by atoms with Crippen LogP contribution < -0.4 is 10.5 Å². The lowest BCUT2D eigenvalue weighted by Gasteiger charge is -2.03. The molecule has 12 heavy (non-hydrogen) atoms.